The number of hydrogen-bond acceptors (Lipinski definition) is 2. The van der Waals surface area contributed by atoms with Crippen LogP contribution in [0.1, 0.15) is 13.8 Å². The van der Waals surface area contributed by atoms with E-state index in [0.717, 1.165) is 13.1 Å². The Labute approximate surface area is 99.2 Å². The fourth-order valence-electron chi connectivity index (χ4n) is 1.37. The molecule has 0 spiro atoms. The molecule has 1 heterocycles. The first kappa shape index (κ1) is 11.3. The molecule has 0 saturated carbocycles. The number of alkyl halides is 1. The first-order valence-corrected chi connectivity index (χ1v) is 8.07. The van der Waals surface area contributed by atoms with E-state index in [9.17, 15) is 0 Å². The Morgan fingerprint density at radius 2 is 2.33 bits per heavy atom. The molecule has 1 nitrogen and oxygen atoms in total. The van der Waals surface area contributed by atoms with Gasteiger partial charge in [0.1, 0.15) is 0 Å². The highest BCUT2D eigenvalue weighted by molar-refractivity contribution is 14.2. The molecule has 0 bridgehead atoms. The zero-order valence-corrected chi connectivity index (χ0v) is 11.9. The maximum absolute atomic E-state index is 4.13. The fraction of sp³-hybridized carbons (Fsp3) is 0.750. The molecule has 12 heavy (non-hydrogen) atoms. The van der Waals surface area contributed by atoms with Gasteiger partial charge in [-0.25, -0.2) is 4.31 Å². The molecule has 4 heteroatoms. The highest BCUT2D eigenvalue weighted by atomic mass is 127. The second kappa shape index (κ2) is 4.19. The minimum atomic E-state index is 0.241. The second-order valence-electron chi connectivity index (χ2n) is 3.77. The fourth-order valence-corrected chi connectivity index (χ4v) is 4.01. The summed E-state index contributed by atoms with van der Waals surface area (Å²) in [6, 6.07) is 0. The molecule has 1 unspecified atom stereocenters. The van der Waals surface area contributed by atoms with Crippen LogP contribution in [0.2, 0.25) is 0 Å². The van der Waals surface area contributed by atoms with Gasteiger partial charge in [-0.2, -0.15) is 0 Å². The van der Waals surface area contributed by atoms with Crippen molar-refractivity contribution in [2.24, 2.45) is 5.41 Å². The van der Waals surface area contributed by atoms with Crippen LogP contribution in [0, 0.1) is 5.41 Å². The van der Waals surface area contributed by atoms with Crippen LogP contribution in [-0.4, -0.2) is 22.2 Å². The maximum Gasteiger partial charge on any atom is 0.0494 e. The van der Waals surface area contributed by atoms with E-state index in [4.69, 9.17) is 0 Å². The molecular weight excluding hydrogens is 349 g/mol. The molecule has 1 aliphatic rings. The van der Waals surface area contributed by atoms with E-state index in [2.05, 4.69) is 61.9 Å². The average molecular weight is 362 g/mol. The topological polar surface area (TPSA) is 3.24 Å². The van der Waals surface area contributed by atoms with Gasteiger partial charge in [0, 0.05) is 44.5 Å². The highest BCUT2D eigenvalue weighted by Crippen LogP contribution is 2.39. The quantitative estimate of drug-likeness (QED) is 0.303. The summed E-state index contributed by atoms with van der Waals surface area (Å²) in [5.74, 6) is 0. The van der Waals surface area contributed by atoms with Crippen LogP contribution in [0.5, 0.6) is 0 Å². The number of halogens is 2. The second-order valence-corrected chi connectivity index (χ2v) is 6.71. The molecule has 0 aliphatic carbocycles. The van der Waals surface area contributed by atoms with Crippen LogP contribution >= 0.6 is 46.3 Å². The summed E-state index contributed by atoms with van der Waals surface area (Å²) >= 11 is 5.99. The van der Waals surface area contributed by atoms with Crippen molar-refractivity contribution in [2.75, 3.05) is 13.1 Å². The van der Waals surface area contributed by atoms with Gasteiger partial charge in [0.15, 0.2) is 0 Å². The largest absolute Gasteiger partial charge is 0.239 e. The molecular formula is C8H13BrINS. The minimum Gasteiger partial charge on any atom is -0.239 e. The summed E-state index contributed by atoms with van der Waals surface area (Å²) in [4.78, 5) is 0.448. The first-order valence-electron chi connectivity index (χ1n) is 3.84. The third-order valence-corrected chi connectivity index (χ3v) is 5.27. The normalized spacial score (nSPS) is 30.7. The van der Waals surface area contributed by atoms with Crippen LogP contribution < -0.4 is 0 Å². The summed E-state index contributed by atoms with van der Waals surface area (Å²) in [7, 11) is 1.79. The summed E-state index contributed by atoms with van der Waals surface area (Å²) in [5, 5.41) is 0. The maximum atomic E-state index is 4.13. The Balaban J connectivity index is 2.72. The smallest absolute Gasteiger partial charge is 0.0494 e. The van der Waals surface area contributed by atoms with E-state index in [1.165, 1.54) is 5.57 Å². The van der Waals surface area contributed by atoms with Crippen molar-refractivity contribution >= 4 is 46.3 Å². The molecule has 0 aromatic heterocycles. The Morgan fingerprint density at radius 3 is 2.75 bits per heavy atom. The average Bonchev–Trinajstić information content (AvgIpc) is 1.99. The van der Waals surface area contributed by atoms with Gasteiger partial charge in [-0.15, -0.1) is 0 Å². The highest BCUT2D eigenvalue weighted by Gasteiger charge is 2.34. The van der Waals surface area contributed by atoms with Gasteiger partial charge in [-0.3, -0.25) is 0 Å². The van der Waals surface area contributed by atoms with Crippen LogP contribution in [0.4, 0.5) is 0 Å². The lowest BCUT2D eigenvalue weighted by Crippen LogP contribution is -2.42. The monoisotopic (exact) mass is 361 g/mol. The Hall–Kier alpha value is 1.26. The summed E-state index contributed by atoms with van der Waals surface area (Å²) in [5.41, 5.74) is 1.56. The van der Waals surface area contributed by atoms with Gasteiger partial charge in [0.25, 0.3) is 0 Å². The Kier molecular flexibility index (Phi) is 3.96. The SMILES string of the molecule is C=C1C(Br)CN(SI)CC1(C)C. The molecule has 1 rings (SSSR count). The van der Waals surface area contributed by atoms with Crippen molar-refractivity contribution in [3.8, 4) is 0 Å². The molecule has 0 radical (unpaired) electrons. The minimum absolute atomic E-state index is 0.241. The molecule has 70 valence electrons. The van der Waals surface area contributed by atoms with Gasteiger partial charge in [0.2, 0.25) is 0 Å². The summed E-state index contributed by atoms with van der Waals surface area (Å²) < 4.78 is 2.37. The van der Waals surface area contributed by atoms with E-state index < -0.39 is 0 Å². The van der Waals surface area contributed by atoms with Gasteiger partial charge < -0.3 is 0 Å². The van der Waals surface area contributed by atoms with Gasteiger partial charge in [-0.05, 0) is 9.12 Å². The zero-order valence-electron chi connectivity index (χ0n) is 7.31. The molecule has 0 aromatic carbocycles. The lowest BCUT2D eigenvalue weighted by atomic mass is 9.81. The number of piperidine rings is 1. The Morgan fingerprint density at radius 1 is 1.75 bits per heavy atom. The van der Waals surface area contributed by atoms with Crippen molar-refractivity contribution < 1.29 is 0 Å². The first-order chi connectivity index (χ1) is 5.47. The molecule has 0 N–H and O–H groups in total. The van der Waals surface area contributed by atoms with E-state index in [-0.39, 0.29) is 5.41 Å². The van der Waals surface area contributed by atoms with Crippen molar-refractivity contribution in [2.45, 2.75) is 18.7 Å². The van der Waals surface area contributed by atoms with E-state index in [0.29, 0.717) is 4.83 Å². The van der Waals surface area contributed by atoms with Crippen molar-refractivity contribution in [1.82, 2.24) is 4.31 Å². The van der Waals surface area contributed by atoms with E-state index in [1.807, 2.05) is 0 Å². The summed E-state index contributed by atoms with van der Waals surface area (Å²) in [6.07, 6.45) is 0. The lowest BCUT2D eigenvalue weighted by Gasteiger charge is -2.41. The molecule has 1 fully saturated rings. The van der Waals surface area contributed by atoms with Crippen LogP contribution in [0.15, 0.2) is 12.2 Å². The van der Waals surface area contributed by atoms with E-state index >= 15 is 0 Å². The van der Waals surface area contributed by atoms with Crippen LogP contribution in [0.25, 0.3) is 0 Å². The standard InChI is InChI=1S/C8H13BrINS/c1-6-7(9)4-11(12-10)5-8(6,2)3/h7H,1,4-5H2,2-3H3. The Bertz CT molecular complexity index is 195. The van der Waals surface area contributed by atoms with Gasteiger partial charge in [0.05, 0.1) is 0 Å². The molecule has 0 amide bonds. The molecule has 0 aromatic rings. The van der Waals surface area contributed by atoms with Crippen molar-refractivity contribution in [1.29, 1.82) is 0 Å². The predicted octanol–water partition coefficient (Wildman–Crippen LogP) is 3.65. The zero-order chi connectivity index (χ0) is 9.35. The molecule has 1 atom stereocenters. The molecule has 1 aliphatic heterocycles. The predicted molar refractivity (Wildman–Crippen MR) is 68.8 cm³/mol. The van der Waals surface area contributed by atoms with Gasteiger partial charge in [-0.1, -0.05) is 41.9 Å². The van der Waals surface area contributed by atoms with E-state index in [1.54, 1.807) is 9.12 Å². The van der Waals surface area contributed by atoms with Crippen molar-refractivity contribution in [3.05, 3.63) is 12.2 Å². The lowest BCUT2D eigenvalue weighted by molar-refractivity contribution is 0.280. The van der Waals surface area contributed by atoms with Gasteiger partial charge >= 0.3 is 0 Å². The van der Waals surface area contributed by atoms with Crippen LogP contribution in [-0.2, 0) is 0 Å². The number of hydrogen-bond donors (Lipinski definition) is 0. The third kappa shape index (κ3) is 2.39. The third-order valence-electron chi connectivity index (χ3n) is 2.28. The molecule has 1 saturated heterocycles. The summed E-state index contributed by atoms with van der Waals surface area (Å²) in [6.45, 7) is 10.8. The van der Waals surface area contributed by atoms with Crippen molar-refractivity contribution in [3.63, 3.8) is 0 Å². The number of nitrogens with zero attached hydrogens (tertiary/aromatic N) is 1. The van der Waals surface area contributed by atoms with Crippen LogP contribution in [0.3, 0.4) is 0 Å². The number of rotatable bonds is 1.